The van der Waals surface area contributed by atoms with E-state index in [1.807, 2.05) is 61.6 Å². The van der Waals surface area contributed by atoms with Crippen molar-refractivity contribution in [3.8, 4) is 17.1 Å². The Morgan fingerprint density at radius 3 is 2.55 bits per heavy atom. The van der Waals surface area contributed by atoms with Crippen LogP contribution in [0.1, 0.15) is 11.1 Å². The van der Waals surface area contributed by atoms with E-state index in [-0.39, 0.29) is 6.61 Å². The highest BCUT2D eigenvalue weighted by atomic mass is 35.5. The van der Waals surface area contributed by atoms with Crippen molar-refractivity contribution in [2.45, 2.75) is 6.61 Å². The topological polar surface area (TPSA) is 62.6 Å². The van der Waals surface area contributed by atoms with Crippen LogP contribution in [-0.2, 0) is 27.9 Å². The van der Waals surface area contributed by atoms with Crippen LogP contribution in [0.3, 0.4) is 0 Å². The molecule has 7 heteroatoms. The molecular weight excluding hydrogens is 392 g/mol. The van der Waals surface area contributed by atoms with Crippen molar-refractivity contribution in [2.24, 2.45) is 7.05 Å². The van der Waals surface area contributed by atoms with Crippen molar-refractivity contribution < 1.29 is 19.0 Å². The fourth-order valence-electron chi connectivity index (χ4n) is 2.86. The summed E-state index contributed by atoms with van der Waals surface area (Å²) in [6, 6.07) is 16.7. The smallest absolute Gasteiger partial charge is 0.341 e. The van der Waals surface area contributed by atoms with Crippen LogP contribution < -0.4 is 4.74 Å². The van der Waals surface area contributed by atoms with Crippen molar-refractivity contribution in [2.75, 3.05) is 14.2 Å². The van der Waals surface area contributed by atoms with Crippen LogP contribution in [0, 0.1) is 0 Å². The summed E-state index contributed by atoms with van der Waals surface area (Å²) in [5, 5.41) is 5.16. The molecule has 1 heterocycles. The molecule has 0 aliphatic rings. The predicted molar refractivity (Wildman–Crippen MR) is 111 cm³/mol. The van der Waals surface area contributed by atoms with E-state index in [1.54, 1.807) is 4.68 Å². The SMILES string of the molecule is COC=C(C(=O)OC)c1ccccc1COc1cc(-c2ccc(Cl)cc2)nn1C. The lowest BCUT2D eigenvalue weighted by Crippen LogP contribution is -2.09. The van der Waals surface area contributed by atoms with E-state index in [2.05, 4.69) is 5.10 Å². The lowest BCUT2D eigenvalue weighted by molar-refractivity contribution is -0.133. The number of esters is 1. The average molecular weight is 413 g/mol. The molecule has 0 amide bonds. The minimum atomic E-state index is -0.482. The second-order valence-corrected chi connectivity index (χ2v) is 6.64. The van der Waals surface area contributed by atoms with Gasteiger partial charge in [-0.3, -0.25) is 0 Å². The highest BCUT2D eigenvalue weighted by Crippen LogP contribution is 2.26. The molecule has 0 spiro atoms. The third kappa shape index (κ3) is 4.78. The first kappa shape index (κ1) is 20.5. The number of halogens is 1. The van der Waals surface area contributed by atoms with Gasteiger partial charge in [0.25, 0.3) is 0 Å². The van der Waals surface area contributed by atoms with Gasteiger partial charge in [0.15, 0.2) is 0 Å². The summed E-state index contributed by atoms with van der Waals surface area (Å²) in [6.45, 7) is 0.244. The molecule has 2 aromatic carbocycles. The van der Waals surface area contributed by atoms with E-state index in [9.17, 15) is 4.79 Å². The predicted octanol–water partition coefficient (Wildman–Crippen LogP) is 4.48. The summed E-state index contributed by atoms with van der Waals surface area (Å²) in [6.07, 6.45) is 1.37. The number of hydrogen-bond acceptors (Lipinski definition) is 5. The fourth-order valence-corrected chi connectivity index (χ4v) is 2.98. The Labute approximate surface area is 174 Å². The van der Waals surface area contributed by atoms with Crippen molar-refractivity contribution in [1.82, 2.24) is 9.78 Å². The molecule has 0 N–H and O–H groups in total. The van der Waals surface area contributed by atoms with Gasteiger partial charge in [-0.15, -0.1) is 0 Å². The van der Waals surface area contributed by atoms with Gasteiger partial charge in [0, 0.05) is 23.7 Å². The number of aromatic nitrogens is 2. The van der Waals surface area contributed by atoms with E-state index in [0.717, 1.165) is 16.8 Å². The van der Waals surface area contributed by atoms with Crippen LogP contribution in [-0.4, -0.2) is 30.0 Å². The maximum atomic E-state index is 12.1. The van der Waals surface area contributed by atoms with Gasteiger partial charge in [-0.2, -0.15) is 5.10 Å². The summed E-state index contributed by atoms with van der Waals surface area (Å²) in [4.78, 5) is 12.1. The van der Waals surface area contributed by atoms with Gasteiger partial charge in [0.05, 0.1) is 26.2 Å². The van der Waals surface area contributed by atoms with E-state index in [4.69, 9.17) is 25.8 Å². The zero-order valence-corrected chi connectivity index (χ0v) is 17.1. The second-order valence-electron chi connectivity index (χ2n) is 6.20. The van der Waals surface area contributed by atoms with Gasteiger partial charge in [-0.1, -0.05) is 48.0 Å². The van der Waals surface area contributed by atoms with Crippen LogP contribution in [0.4, 0.5) is 0 Å². The molecular formula is C22H21ClN2O4. The summed E-state index contributed by atoms with van der Waals surface area (Å²) in [5.74, 6) is 0.116. The van der Waals surface area contributed by atoms with Crippen LogP contribution >= 0.6 is 11.6 Å². The Morgan fingerprint density at radius 1 is 1.14 bits per heavy atom. The minimum absolute atomic E-state index is 0.244. The summed E-state index contributed by atoms with van der Waals surface area (Å²) in [7, 11) is 4.63. The molecule has 3 rings (SSSR count). The maximum Gasteiger partial charge on any atom is 0.341 e. The lowest BCUT2D eigenvalue weighted by Gasteiger charge is -2.12. The van der Waals surface area contributed by atoms with E-state index >= 15 is 0 Å². The molecule has 1 aromatic heterocycles. The van der Waals surface area contributed by atoms with Gasteiger partial charge < -0.3 is 14.2 Å². The Bertz CT molecular complexity index is 1030. The molecule has 0 aliphatic carbocycles. The van der Waals surface area contributed by atoms with Crippen LogP contribution in [0.15, 0.2) is 60.9 Å². The van der Waals surface area contributed by atoms with Crippen LogP contribution in [0.2, 0.25) is 5.02 Å². The monoisotopic (exact) mass is 412 g/mol. The number of aryl methyl sites for hydroxylation is 1. The molecule has 0 aliphatic heterocycles. The molecule has 0 saturated heterocycles. The van der Waals surface area contributed by atoms with Crippen molar-refractivity contribution >= 4 is 23.1 Å². The Hall–Kier alpha value is -3.25. The van der Waals surface area contributed by atoms with Gasteiger partial charge in [0.2, 0.25) is 5.88 Å². The number of ether oxygens (including phenoxy) is 3. The van der Waals surface area contributed by atoms with Gasteiger partial charge >= 0.3 is 5.97 Å². The van der Waals surface area contributed by atoms with Crippen LogP contribution in [0.5, 0.6) is 5.88 Å². The summed E-state index contributed by atoms with van der Waals surface area (Å²) < 4.78 is 17.6. The highest BCUT2D eigenvalue weighted by Gasteiger charge is 2.17. The number of benzene rings is 2. The van der Waals surface area contributed by atoms with E-state index < -0.39 is 5.97 Å². The third-order valence-corrected chi connectivity index (χ3v) is 4.55. The minimum Gasteiger partial charge on any atom is -0.503 e. The fraction of sp³-hybridized carbons (Fsp3) is 0.182. The number of methoxy groups -OCH3 is 2. The highest BCUT2D eigenvalue weighted by molar-refractivity contribution is 6.30. The number of carbonyl (C=O) groups excluding carboxylic acids is 1. The molecule has 3 aromatic rings. The number of hydrogen-bond donors (Lipinski definition) is 0. The van der Waals surface area contributed by atoms with Gasteiger partial charge in [-0.25, -0.2) is 9.48 Å². The first-order valence-electron chi connectivity index (χ1n) is 8.85. The zero-order valence-electron chi connectivity index (χ0n) is 16.4. The van der Waals surface area contributed by atoms with Crippen LogP contribution in [0.25, 0.3) is 16.8 Å². The van der Waals surface area contributed by atoms with Crippen molar-refractivity contribution in [1.29, 1.82) is 0 Å². The molecule has 6 nitrogen and oxygen atoms in total. The van der Waals surface area contributed by atoms with E-state index in [0.29, 0.717) is 22.0 Å². The summed E-state index contributed by atoms with van der Waals surface area (Å²) in [5.41, 5.74) is 3.54. The normalized spacial score (nSPS) is 11.2. The van der Waals surface area contributed by atoms with E-state index in [1.165, 1.54) is 20.5 Å². The average Bonchev–Trinajstić information content (AvgIpc) is 3.11. The second kappa shape index (κ2) is 9.30. The Morgan fingerprint density at radius 2 is 1.86 bits per heavy atom. The number of nitrogens with zero attached hydrogens (tertiary/aromatic N) is 2. The van der Waals surface area contributed by atoms with Gasteiger partial charge in [0.1, 0.15) is 12.2 Å². The molecule has 0 atom stereocenters. The summed E-state index contributed by atoms with van der Waals surface area (Å²) >= 11 is 5.95. The first-order chi connectivity index (χ1) is 14.0. The Balaban J connectivity index is 1.83. The molecule has 0 radical (unpaired) electrons. The van der Waals surface area contributed by atoms with Crippen molar-refractivity contribution in [3.05, 3.63) is 77.0 Å². The lowest BCUT2D eigenvalue weighted by atomic mass is 10.0. The molecule has 150 valence electrons. The number of carbonyl (C=O) groups is 1. The molecule has 0 unspecified atom stereocenters. The molecule has 0 saturated carbocycles. The van der Waals surface area contributed by atoms with Gasteiger partial charge in [-0.05, 0) is 23.3 Å². The standard InChI is InChI=1S/C22H21ClN2O4/c1-25-21(12-20(24-25)15-8-10-17(23)11-9-15)29-13-16-6-4-5-7-18(16)19(14-27-2)22(26)28-3/h4-12,14H,13H2,1-3H3. The molecule has 0 fully saturated rings. The number of rotatable bonds is 7. The quantitative estimate of drug-likeness (QED) is 0.325. The maximum absolute atomic E-state index is 12.1. The first-order valence-corrected chi connectivity index (χ1v) is 9.23. The van der Waals surface area contributed by atoms with Crippen molar-refractivity contribution in [3.63, 3.8) is 0 Å². The Kier molecular flexibility index (Phi) is 6.57. The zero-order chi connectivity index (χ0) is 20.8. The largest absolute Gasteiger partial charge is 0.503 e. The third-order valence-electron chi connectivity index (χ3n) is 4.30. The molecule has 29 heavy (non-hydrogen) atoms. The molecule has 0 bridgehead atoms.